The van der Waals surface area contributed by atoms with Gasteiger partial charge in [-0.1, -0.05) is 6.07 Å². The van der Waals surface area contributed by atoms with Crippen molar-refractivity contribution in [2.75, 3.05) is 5.32 Å². The summed E-state index contributed by atoms with van der Waals surface area (Å²) in [7, 11) is 0. The minimum absolute atomic E-state index is 0.115. The Hall–Kier alpha value is -2.28. The molecule has 0 unspecified atom stereocenters. The molecule has 0 fully saturated rings. The maximum absolute atomic E-state index is 13.4. The zero-order valence-corrected chi connectivity index (χ0v) is 13.1. The third-order valence-electron chi connectivity index (χ3n) is 3.31. The second kappa shape index (κ2) is 6.65. The summed E-state index contributed by atoms with van der Waals surface area (Å²) in [5.41, 5.74) is 1.74. The molecule has 0 spiro atoms. The zero-order chi connectivity index (χ0) is 16.3. The Morgan fingerprint density at radius 3 is 2.68 bits per heavy atom. The van der Waals surface area contributed by atoms with Crippen molar-refractivity contribution in [3.05, 3.63) is 56.0 Å². The lowest BCUT2D eigenvalue weighted by molar-refractivity contribution is -0.116. The van der Waals surface area contributed by atoms with Crippen molar-refractivity contribution in [2.24, 2.45) is 0 Å². The molecule has 0 saturated carbocycles. The second-order valence-electron chi connectivity index (χ2n) is 5.02. The summed E-state index contributed by atoms with van der Waals surface area (Å²) < 4.78 is 13.7. The molecule has 2 aromatic rings. The number of amides is 1. The number of hydrogen-bond acceptors (Lipinski definition) is 3. The summed E-state index contributed by atoms with van der Waals surface area (Å²) in [6, 6.07) is 4.50. The normalized spacial score (nSPS) is 10.5. The van der Waals surface area contributed by atoms with Gasteiger partial charge in [-0.3, -0.25) is 14.6 Å². The quantitative estimate of drug-likeness (QED) is 0.758. The summed E-state index contributed by atoms with van der Waals surface area (Å²) in [4.78, 5) is 29.0. The predicted molar refractivity (Wildman–Crippen MR) is 85.1 cm³/mol. The first-order valence-electron chi connectivity index (χ1n) is 6.75. The van der Waals surface area contributed by atoms with Crippen molar-refractivity contribution in [2.45, 2.75) is 26.7 Å². The highest BCUT2D eigenvalue weighted by Gasteiger charge is 2.09. The summed E-state index contributed by atoms with van der Waals surface area (Å²) in [5, 5.41) is 2.61. The van der Waals surface area contributed by atoms with Gasteiger partial charge in [-0.25, -0.2) is 4.39 Å². The van der Waals surface area contributed by atoms with Gasteiger partial charge in [0, 0.05) is 23.4 Å². The van der Waals surface area contributed by atoms with Crippen LogP contribution in [0.1, 0.15) is 23.2 Å². The van der Waals surface area contributed by atoms with Crippen LogP contribution in [0.2, 0.25) is 0 Å². The predicted octanol–water partition coefficient (Wildman–Crippen LogP) is 2.76. The van der Waals surface area contributed by atoms with Crippen LogP contribution in [-0.2, 0) is 11.2 Å². The van der Waals surface area contributed by atoms with Crippen molar-refractivity contribution in [3.8, 4) is 0 Å². The number of benzene rings is 1. The molecule has 0 aliphatic rings. The number of hydrogen-bond donors (Lipinski definition) is 3. The maximum atomic E-state index is 13.4. The molecule has 0 aliphatic heterocycles. The first kappa shape index (κ1) is 16.1. The summed E-state index contributed by atoms with van der Waals surface area (Å²) in [6.07, 6.45) is 0.386. The monoisotopic (exact) mass is 321 g/mol. The molecule has 0 atom stereocenters. The standard InChI is InChI=1S/C15H16FN3O2S/c1-8-3-4-10(7-12(8)16)18-13(20)6-5-11-9(2)17-15(22)19-14(11)21/h3-4,7H,5-6H2,1-2H3,(H,18,20)(H2,17,19,21,22). The van der Waals surface area contributed by atoms with Crippen molar-refractivity contribution in [1.29, 1.82) is 0 Å². The number of H-pyrrole nitrogens is 2. The summed E-state index contributed by atoms with van der Waals surface area (Å²) in [6.45, 7) is 3.38. The molecule has 1 heterocycles. The molecule has 0 aliphatic carbocycles. The molecule has 0 saturated heterocycles. The van der Waals surface area contributed by atoms with Gasteiger partial charge in [-0.15, -0.1) is 0 Å². The van der Waals surface area contributed by atoms with Crippen molar-refractivity contribution < 1.29 is 9.18 Å². The van der Waals surface area contributed by atoms with E-state index in [-0.39, 0.29) is 34.9 Å². The molecule has 1 aromatic heterocycles. The summed E-state index contributed by atoms with van der Waals surface area (Å²) in [5.74, 6) is -0.662. The van der Waals surface area contributed by atoms with E-state index in [9.17, 15) is 14.0 Å². The number of carbonyl (C=O) groups is 1. The molecule has 3 N–H and O–H groups in total. The molecule has 1 amide bonds. The number of aryl methyl sites for hydroxylation is 2. The van der Waals surface area contributed by atoms with Gasteiger partial charge in [0.15, 0.2) is 4.77 Å². The molecule has 5 nitrogen and oxygen atoms in total. The van der Waals surface area contributed by atoms with E-state index in [1.165, 1.54) is 6.07 Å². The lowest BCUT2D eigenvalue weighted by Crippen LogP contribution is -2.19. The first-order chi connectivity index (χ1) is 10.4. The van der Waals surface area contributed by atoms with E-state index < -0.39 is 0 Å². The topological polar surface area (TPSA) is 77.8 Å². The highest BCUT2D eigenvalue weighted by atomic mass is 32.1. The Morgan fingerprint density at radius 1 is 1.32 bits per heavy atom. The number of rotatable bonds is 4. The van der Waals surface area contributed by atoms with Crippen LogP contribution in [0, 0.1) is 24.4 Å². The van der Waals surface area contributed by atoms with E-state index in [4.69, 9.17) is 12.2 Å². The van der Waals surface area contributed by atoms with Gasteiger partial charge in [0.1, 0.15) is 5.82 Å². The average molecular weight is 321 g/mol. The van der Waals surface area contributed by atoms with E-state index in [1.807, 2.05) is 0 Å². The Bertz CT molecular complexity index is 826. The molecule has 7 heteroatoms. The number of halogens is 1. The van der Waals surface area contributed by atoms with Gasteiger partial charge in [0.05, 0.1) is 0 Å². The minimum atomic E-state index is -0.374. The molecular weight excluding hydrogens is 305 g/mol. The van der Waals surface area contributed by atoms with Gasteiger partial charge in [-0.2, -0.15) is 0 Å². The lowest BCUT2D eigenvalue weighted by Gasteiger charge is -2.07. The third kappa shape index (κ3) is 3.88. The van der Waals surface area contributed by atoms with Crippen LogP contribution in [0.15, 0.2) is 23.0 Å². The zero-order valence-electron chi connectivity index (χ0n) is 12.2. The van der Waals surface area contributed by atoms with E-state index in [2.05, 4.69) is 15.3 Å². The van der Waals surface area contributed by atoms with E-state index in [1.54, 1.807) is 26.0 Å². The fourth-order valence-corrected chi connectivity index (χ4v) is 2.31. The largest absolute Gasteiger partial charge is 0.336 e. The van der Waals surface area contributed by atoms with Crippen LogP contribution in [0.3, 0.4) is 0 Å². The average Bonchev–Trinajstić information content (AvgIpc) is 2.41. The second-order valence-corrected chi connectivity index (χ2v) is 5.43. The van der Waals surface area contributed by atoms with E-state index in [0.29, 0.717) is 22.5 Å². The number of nitrogens with one attached hydrogen (secondary N) is 3. The van der Waals surface area contributed by atoms with Crippen LogP contribution in [-0.4, -0.2) is 15.9 Å². The third-order valence-corrected chi connectivity index (χ3v) is 3.52. The molecular formula is C15H16FN3O2S. The lowest BCUT2D eigenvalue weighted by atomic mass is 10.1. The molecule has 2 rings (SSSR count). The van der Waals surface area contributed by atoms with Crippen molar-refractivity contribution in [1.82, 2.24) is 9.97 Å². The van der Waals surface area contributed by atoms with Crippen LogP contribution < -0.4 is 10.9 Å². The summed E-state index contributed by atoms with van der Waals surface area (Å²) >= 11 is 4.87. The molecule has 22 heavy (non-hydrogen) atoms. The highest BCUT2D eigenvalue weighted by Crippen LogP contribution is 2.14. The Balaban J connectivity index is 2.03. The van der Waals surface area contributed by atoms with E-state index in [0.717, 1.165) is 0 Å². The van der Waals surface area contributed by atoms with Crippen LogP contribution >= 0.6 is 12.2 Å². The van der Waals surface area contributed by atoms with Gasteiger partial charge in [0.2, 0.25) is 5.91 Å². The molecule has 0 bridgehead atoms. The van der Waals surface area contributed by atoms with Crippen LogP contribution in [0.4, 0.5) is 10.1 Å². The minimum Gasteiger partial charge on any atom is -0.336 e. The molecule has 0 radical (unpaired) electrons. The van der Waals surface area contributed by atoms with Gasteiger partial charge >= 0.3 is 0 Å². The number of anilines is 1. The van der Waals surface area contributed by atoms with Gasteiger partial charge in [-0.05, 0) is 50.2 Å². The number of aromatic amines is 2. The Kier molecular flexibility index (Phi) is 4.87. The van der Waals surface area contributed by atoms with Crippen LogP contribution in [0.5, 0.6) is 0 Å². The highest BCUT2D eigenvalue weighted by molar-refractivity contribution is 7.71. The first-order valence-corrected chi connectivity index (χ1v) is 7.15. The smallest absolute Gasteiger partial charge is 0.255 e. The SMILES string of the molecule is Cc1ccc(NC(=O)CCc2c(C)[nH]c(=S)[nH]c2=O)cc1F. The Morgan fingerprint density at radius 2 is 2.05 bits per heavy atom. The van der Waals surface area contributed by atoms with Crippen LogP contribution in [0.25, 0.3) is 0 Å². The fourth-order valence-electron chi connectivity index (χ4n) is 2.06. The van der Waals surface area contributed by atoms with Gasteiger partial charge in [0.25, 0.3) is 5.56 Å². The number of carbonyl (C=O) groups excluding carboxylic acids is 1. The molecule has 116 valence electrons. The van der Waals surface area contributed by atoms with E-state index >= 15 is 0 Å². The molecule has 1 aromatic carbocycles. The maximum Gasteiger partial charge on any atom is 0.255 e. The van der Waals surface area contributed by atoms with Gasteiger partial charge < -0.3 is 10.3 Å². The number of aromatic nitrogens is 2. The Labute approximate surface area is 131 Å². The van der Waals surface area contributed by atoms with Crippen molar-refractivity contribution in [3.63, 3.8) is 0 Å². The van der Waals surface area contributed by atoms with Crippen molar-refractivity contribution >= 4 is 23.8 Å². The fraction of sp³-hybridized carbons (Fsp3) is 0.267.